The van der Waals surface area contributed by atoms with Crippen LogP contribution in [0.5, 0.6) is 0 Å². The van der Waals surface area contributed by atoms with Crippen LogP contribution < -0.4 is 5.32 Å². The highest BCUT2D eigenvalue weighted by Crippen LogP contribution is 2.22. The third-order valence-corrected chi connectivity index (χ3v) is 3.95. The zero-order chi connectivity index (χ0) is 13.2. The molecule has 2 N–H and O–H groups in total. The minimum atomic E-state index is 0.554. The van der Waals surface area contributed by atoms with Crippen LogP contribution in [0.3, 0.4) is 0 Å². The lowest BCUT2D eigenvalue weighted by molar-refractivity contribution is 0.330. The Hall–Kier alpha value is -1.81. The highest BCUT2D eigenvalue weighted by molar-refractivity contribution is 5.62. The highest BCUT2D eigenvalue weighted by atomic mass is 15.2. The minimum absolute atomic E-state index is 0.554. The van der Waals surface area contributed by atoms with Gasteiger partial charge < -0.3 is 15.2 Å². The summed E-state index contributed by atoms with van der Waals surface area (Å²) in [4.78, 5) is 9.56. The van der Waals surface area contributed by atoms with E-state index in [2.05, 4.69) is 58.4 Å². The number of hydrogen-bond acceptors (Lipinski definition) is 3. The largest absolute Gasteiger partial charge is 0.381 e. The fourth-order valence-corrected chi connectivity index (χ4v) is 2.69. The van der Waals surface area contributed by atoms with Gasteiger partial charge in [-0.3, -0.25) is 0 Å². The van der Waals surface area contributed by atoms with E-state index < -0.39 is 0 Å². The van der Waals surface area contributed by atoms with Gasteiger partial charge in [0.25, 0.3) is 0 Å². The van der Waals surface area contributed by atoms with Crippen molar-refractivity contribution in [2.75, 3.05) is 18.9 Å². The molecule has 4 nitrogen and oxygen atoms in total. The van der Waals surface area contributed by atoms with E-state index in [4.69, 9.17) is 0 Å². The quantitative estimate of drug-likeness (QED) is 0.887. The van der Waals surface area contributed by atoms with Gasteiger partial charge in [-0.15, -0.1) is 0 Å². The van der Waals surface area contributed by atoms with E-state index in [1.807, 2.05) is 6.20 Å². The molecule has 2 heterocycles. The number of aromatic nitrogens is 2. The van der Waals surface area contributed by atoms with Crippen molar-refractivity contribution in [3.05, 3.63) is 36.8 Å². The first-order valence-corrected chi connectivity index (χ1v) is 6.78. The number of H-pyrrole nitrogens is 1. The van der Waals surface area contributed by atoms with Gasteiger partial charge in [-0.05, 0) is 38.1 Å². The summed E-state index contributed by atoms with van der Waals surface area (Å²) < 4.78 is 0. The molecule has 1 aromatic carbocycles. The predicted molar refractivity (Wildman–Crippen MR) is 78.1 cm³/mol. The smallest absolute Gasteiger partial charge is 0.0924 e. The molecule has 2 atom stereocenters. The molecule has 0 spiro atoms. The molecule has 0 radical (unpaired) electrons. The number of anilines is 1. The molecule has 1 aliphatic rings. The van der Waals surface area contributed by atoms with Crippen molar-refractivity contribution in [3.8, 4) is 11.3 Å². The van der Waals surface area contributed by atoms with Crippen LogP contribution in [0.4, 0.5) is 5.69 Å². The second kappa shape index (κ2) is 5.05. The number of rotatable bonds is 3. The normalized spacial score (nSPS) is 23.7. The van der Waals surface area contributed by atoms with Crippen LogP contribution in [0.15, 0.2) is 36.8 Å². The SMILES string of the molecule is CC1CC(Nc2ccc(-c3cnc[nH]3)cc2)CN1C. The van der Waals surface area contributed by atoms with Gasteiger partial charge in [-0.2, -0.15) is 0 Å². The van der Waals surface area contributed by atoms with E-state index >= 15 is 0 Å². The number of likely N-dealkylation sites (tertiary alicyclic amines) is 1. The molecule has 0 aliphatic carbocycles. The summed E-state index contributed by atoms with van der Waals surface area (Å²) in [5.41, 5.74) is 3.41. The first-order valence-electron chi connectivity index (χ1n) is 6.78. The van der Waals surface area contributed by atoms with E-state index in [0.29, 0.717) is 12.1 Å². The zero-order valence-electron chi connectivity index (χ0n) is 11.4. The molecule has 1 aliphatic heterocycles. The van der Waals surface area contributed by atoms with Gasteiger partial charge in [0.05, 0.1) is 18.2 Å². The molecule has 2 aromatic rings. The standard InChI is InChI=1S/C15H20N4/c1-11-7-14(9-19(11)2)18-13-5-3-12(4-6-13)15-8-16-10-17-15/h3-6,8,10-11,14,18H,7,9H2,1-2H3,(H,16,17). The number of nitrogens with one attached hydrogen (secondary N) is 2. The Balaban J connectivity index is 1.67. The Morgan fingerprint density at radius 2 is 2.11 bits per heavy atom. The van der Waals surface area contributed by atoms with Crippen LogP contribution in [0.1, 0.15) is 13.3 Å². The summed E-state index contributed by atoms with van der Waals surface area (Å²) >= 11 is 0. The maximum atomic E-state index is 4.04. The minimum Gasteiger partial charge on any atom is -0.381 e. The van der Waals surface area contributed by atoms with Crippen LogP contribution in [0.25, 0.3) is 11.3 Å². The number of aromatic amines is 1. The molecule has 2 unspecified atom stereocenters. The Kier molecular flexibility index (Phi) is 3.25. The number of nitrogens with zero attached hydrogens (tertiary/aromatic N) is 2. The second-order valence-electron chi connectivity index (χ2n) is 5.41. The van der Waals surface area contributed by atoms with Crippen molar-refractivity contribution in [1.82, 2.24) is 14.9 Å². The number of hydrogen-bond donors (Lipinski definition) is 2. The van der Waals surface area contributed by atoms with Crippen molar-refractivity contribution < 1.29 is 0 Å². The van der Waals surface area contributed by atoms with Crippen molar-refractivity contribution in [2.45, 2.75) is 25.4 Å². The van der Waals surface area contributed by atoms with Gasteiger partial charge in [0, 0.05) is 24.3 Å². The van der Waals surface area contributed by atoms with Crippen molar-refractivity contribution in [2.24, 2.45) is 0 Å². The first kappa shape index (κ1) is 12.2. The third kappa shape index (κ3) is 2.63. The van der Waals surface area contributed by atoms with Gasteiger partial charge in [-0.25, -0.2) is 4.98 Å². The molecule has 3 rings (SSSR count). The Morgan fingerprint density at radius 1 is 1.32 bits per heavy atom. The zero-order valence-corrected chi connectivity index (χ0v) is 11.4. The summed E-state index contributed by atoms with van der Waals surface area (Å²) in [6, 6.07) is 9.74. The lowest BCUT2D eigenvalue weighted by Crippen LogP contribution is -2.24. The van der Waals surface area contributed by atoms with Crippen LogP contribution >= 0.6 is 0 Å². The fourth-order valence-electron chi connectivity index (χ4n) is 2.69. The van der Waals surface area contributed by atoms with Crippen molar-refractivity contribution >= 4 is 5.69 Å². The topological polar surface area (TPSA) is 44.0 Å². The van der Waals surface area contributed by atoms with E-state index in [-0.39, 0.29) is 0 Å². The van der Waals surface area contributed by atoms with E-state index in [0.717, 1.165) is 12.2 Å². The molecule has 0 amide bonds. The Bertz CT molecular complexity index is 508. The molecule has 1 fully saturated rings. The molecule has 19 heavy (non-hydrogen) atoms. The molecule has 4 heteroatoms. The van der Waals surface area contributed by atoms with Crippen molar-refractivity contribution in [3.63, 3.8) is 0 Å². The molecule has 1 aromatic heterocycles. The molecule has 0 bridgehead atoms. The van der Waals surface area contributed by atoms with Crippen LogP contribution in [-0.2, 0) is 0 Å². The second-order valence-corrected chi connectivity index (χ2v) is 5.41. The molecule has 0 saturated carbocycles. The molecular weight excluding hydrogens is 236 g/mol. The monoisotopic (exact) mass is 256 g/mol. The molecule has 1 saturated heterocycles. The summed E-state index contributed by atoms with van der Waals surface area (Å²) in [6.45, 7) is 3.40. The molecule has 100 valence electrons. The lowest BCUT2D eigenvalue weighted by atomic mass is 10.1. The average molecular weight is 256 g/mol. The first-order chi connectivity index (χ1) is 9.22. The van der Waals surface area contributed by atoms with E-state index in [1.54, 1.807) is 6.33 Å². The number of imidazole rings is 1. The molecular formula is C15H20N4. The van der Waals surface area contributed by atoms with Gasteiger partial charge in [-0.1, -0.05) is 12.1 Å². The number of benzene rings is 1. The average Bonchev–Trinajstić information content (AvgIpc) is 3.02. The number of likely N-dealkylation sites (N-methyl/N-ethyl adjacent to an activating group) is 1. The Labute approximate surface area is 113 Å². The maximum absolute atomic E-state index is 4.04. The summed E-state index contributed by atoms with van der Waals surface area (Å²) in [6.07, 6.45) is 4.76. The van der Waals surface area contributed by atoms with Gasteiger partial charge in [0.2, 0.25) is 0 Å². The van der Waals surface area contributed by atoms with Gasteiger partial charge in [0.15, 0.2) is 0 Å². The summed E-state index contributed by atoms with van der Waals surface area (Å²) in [5.74, 6) is 0. The van der Waals surface area contributed by atoms with Crippen molar-refractivity contribution in [1.29, 1.82) is 0 Å². The summed E-state index contributed by atoms with van der Waals surface area (Å²) in [7, 11) is 2.19. The highest BCUT2D eigenvalue weighted by Gasteiger charge is 2.25. The third-order valence-electron chi connectivity index (χ3n) is 3.95. The van der Waals surface area contributed by atoms with Gasteiger partial charge in [0.1, 0.15) is 0 Å². The summed E-state index contributed by atoms with van der Waals surface area (Å²) in [5, 5.41) is 3.61. The van der Waals surface area contributed by atoms with E-state index in [1.165, 1.54) is 17.7 Å². The maximum Gasteiger partial charge on any atom is 0.0924 e. The fraction of sp³-hybridized carbons (Fsp3) is 0.400. The van der Waals surface area contributed by atoms with Crippen LogP contribution in [-0.4, -0.2) is 40.5 Å². The van der Waals surface area contributed by atoms with Crippen LogP contribution in [0, 0.1) is 0 Å². The lowest BCUT2D eigenvalue weighted by Gasteiger charge is -2.14. The van der Waals surface area contributed by atoms with E-state index in [9.17, 15) is 0 Å². The predicted octanol–water partition coefficient (Wildman–Crippen LogP) is 2.58. The van der Waals surface area contributed by atoms with Gasteiger partial charge >= 0.3 is 0 Å². The van der Waals surface area contributed by atoms with Crippen LogP contribution in [0.2, 0.25) is 0 Å². The Morgan fingerprint density at radius 3 is 2.68 bits per heavy atom.